The molecule has 86 valence electrons. The van der Waals surface area contributed by atoms with E-state index in [1.807, 2.05) is 20.8 Å². The van der Waals surface area contributed by atoms with E-state index in [0.29, 0.717) is 13.0 Å². The van der Waals surface area contributed by atoms with E-state index in [-0.39, 0.29) is 5.97 Å². The van der Waals surface area contributed by atoms with Gasteiger partial charge in [-0.25, -0.2) is 0 Å². The maximum Gasteiger partial charge on any atom is 0.312 e. The lowest BCUT2D eigenvalue weighted by atomic mass is 9.90. The van der Waals surface area contributed by atoms with Crippen LogP contribution in [0.1, 0.15) is 27.2 Å². The lowest BCUT2D eigenvalue weighted by molar-refractivity contribution is -0.153. The van der Waals surface area contributed by atoms with Crippen LogP contribution >= 0.6 is 0 Å². The summed E-state index contributed by atoms with van der Waals surface area (Å²) in [4.78, 5) is 11.5. The first-order valence-electron chi connectivity index (χ1n) is 5.36. The fourth-order valence-electron chi connectivity index (χ4n) is 0.929. The lowest BCUT2D eigenvalue weighted by Crippen LogP contribution is -2.26. The lowest BCUT2D eigenvalue weighted by Gasteiger charge is -2.19. The molecule has 0 spiro atoms. The molecular formula is C12H22O2Si. The molecule has 0 bridgehead atoms. The van der Waals surface area contributed by atoms with Crippen molar-refractivity contribution in [3.8, 4) is 11.5 Å². The molecule has 0 aliphatic carbocycles. The van der Waals surface area contributed by atoms with Gasteiger partial charge in [0.2, 0.25) is 0 Å². The molecule has 0 atom stereocenters. The molecule has 0 aromatic rings. The second-order valence-corrected chi connectivity index (χ2v) is 10.1. The van der Waals surface area contributed by atoms with Gasteiger partial charge in [0.05, 0.1) is 12.0 Å². The Hall–Kier alpha value is -0.753. The zero-order valence-corrected chi connectivity index (χ0v) is 11.7. The van der Waals surface area contributed by atoms with E-state index >= 15 is 0 Å². The number of carbonyl (C=O) groups is 1. The first-order valence-corrected chi connectivity index (χ1v) is 8.86. The van der Waals surface area contributed by atoms with Crippen molar-refractivity contribution in [2.24, 2.45) is 5.41 Å². The smallest absolute Gasteiger partial charge is 0.312 e. The van der Waals surface area contributed by atoms with Crippen LogP contribution in [0.25, 0.3) is 0 Å². The van der Waals surface area contributed by atoms with Crippen LogP contribution < -0.4 is 0 Å². The van der Waals surface area contributed by atoms with Crippen LogP contribution in [0, 0.1) is 16.9 Å². The Morgan fingerprint density at radius 1 is 1.33 bits per heavy atom. The summed E-state index contributed by atoms with van der Waals surface area (Å²) in [5.74, 6) is 2.96. The minimum Gasteiger partial charge on any atom is -0.466 e. The van der Waals surface area contributed by atoms with Gasteiger partial charge in [-0.3, -0.25) is 4.79 Å². The minimum atomic E-state index is -1.32. The summed E-state index contributed by atoms with van der Waals surface area (Å²) in [5, 5.41) is 0. The third kappa shape index (κ3) is 6.35. The normalized spacial score (nSPS) is 11.6. The van der Waals surface area contributed by atoms with Crippen LogP contribution in [0.3, 0.4) is 0 Å². The Morgan fingerprint density at radius 3 is 2.27 bits per heavy atom. The Morgan fingerprint density at radius 2 is 1.87 bits per heavy atom. The molecule has 0 N–H and O–H groups in total. The summed E-state index contributed by atoms with van der Waals surface area (Å²) in [7, 11) is -1.32. The van der Waals surface area contributed by atoms with Gasteiger partial charge >= 0.3 is 5.97 Å². The molecular weight excluding hydrogens is 204 g/mol. The molecule has 15 heavy (non-hydrogen) atoms. The van der Waals surface area contributed by atoms with E-state index in [9.17, 15) is 4.79 Å². The highest BCUT2D eigenvalue weighted by atomic mass is 28.3. The molecule has 0 amide bonds. The maximum absolute atomic E-state index is 11.5. The predicted octanol–water partition coefficient (Wildman–Crippen LogP) is 2.85. The second kappa shape index (κ2) is 5.36. The molecule has 0 aromatic heterocycles. The SMILES string of the molecule is CCOC(=O)C(C)(C)CC#C[Si](C)(C)C. The molecule has 0 saturated heterocycles. The monoisotopic (exact) mass is 226 g/mol. The Balaban J connectivity index is 4.37. The van der Waals surface area contributed by atoms with E-state index < -0.39 is 13.5 Å². The molecule has 3 heteroatoms. The summed E-state index contributed by atoms with van der Waals surface area (Å²) < 4.78 is 4.99. The van der Waals surface area contributed by atoms with Crippen molar-refractivity contribution in [3.63, 3.8) is 0 Å². The van der Waals surface area contributed by atoms with Crippen LogP contribution in [-0.2, 0) is 9.53 Å². The molecule has 0 rings (SSSR count). The summed E-state index contributed by atoms with van der Waals surface area (Å²) >= 11 is 0. The largest absolute Gasteiger partial charge is 0.466 e. The highest BCUT2D eigenvalue weighted by Crippen LogP contribution is 2.21. The Labute approximate surface area is 94.4 Å². The van der Waals surface area contributed by atoms with Gasteiger partial charge in [-0.05, 0) is 20.8 Å². The number of esters is 1. The number of hydrogen-bond donors (Lipinski definition) is 0. The fraction of sp³-hybridized carbons (Fsp3) is 0.750. The summed E-state index contributed by atoms with van der Waals surface area (Å²) in [6, 6.07) is 0. The van der Waals surface area contributed by atoms with Crippen LogP contribution in [0.15, 0.2) is 0 Å². The topological polar surface area (TPSA) is 26.3 Å². The van der Waals surface area contributed by atoms with E-state index in [2.05, 4.69) is 31.1 Å². The van der Waals surface area contributed by atoms with Crippen LogP contribution in [0.2, 0.25) is 19.6 Å². The van der Waals surface area contributed by atoms with Gasteiger partial charge in [-0.15, -0.1) is 11.5 Å². The zero-order valence-electron chi connectivity index (χ0n) is 10.7. The van der Waals surface area contributed by atoms with Gasteiger partial charge < -0.3 is 4.74 Å². The van der Waals surface area contributed by atoms with Gasteiger partial charge in [0.1, 0.15) is 8.07 Å². The molecule has 0 aliphatic rings. The van der Waals surface area contributed by atoms with E-state index in [4.69, 9.17) is 4.74 Å². The van der Waals surface area contributed by atoms with Crippen LogP contribution in [0.5, 0.6) is 0 Å². The maximum atomic E-state index is 11.5. The number of ether oxygens (including phenoxy) is 1. The molecule has 0 aromatic carbocycles. The van der Waals surface area contributed by atoms with Crippen molar-refractivity contribution < 1.29 is 9.53 Å². The summed E-state index contributed by atoms with van der Waals surface area (Å²) in [5.41, 5.74) is 2.77. The second-order valence-electron chi connectivity index (χ2n) is 5.33. The summed E-state index contributed by atoms with van der Waals surface area (Å²) in [6.07, 6.45) is 0.579. The van der Waals surface area contributed by atoms with E-state index in [0.717, 1.165) is 0 Å². The van der Waals surface area contributed by atoms with Crippen molar-refractivity contribution in [2.45, 2.75) is 46.8 Å². The first-order chi connectivity index (χ1) is 6.69. The third-order valence-corrected chi connectivity index (χ3v) is 2.75. The number of carbonyl (C=O) groups excluding carboxylic acids is 1. The number of hydrogen-bond acceptors (Lipinski definition) is 2. The highest BCUT2D eigenvalue weighted by Gasteiger charge is 2.28. The highest BCUT2D eigenvalue weighted by molar-refractivity contribution is 6.83. The average molecular weight is 226 g/mol. The molecule has 0 aliphatic heterocycles. The first kappa shape index (κ1) is 14.2. The number of rotatable bonds is 3. The van der Waals surface area contributed by atoms with E-state index in [1.165, 1.54) is 0 Å². The van der Waals surface area contributed by atoms with Gasteiger partial charge in [0.15, 0.2) is 0 Å². The molecule has 0 heterocycles. The minimum absolute atomic E-state index is 0.158. The molecule has 0 unspecified atom stereocenters. The van der Waals surface area contributed by atoms with Crippen molar-refractivity contribution in [3.05, 3.63) is 0 Å². The molecule has 2 nitrogen and oxygen atoms in total. The van der Waals surface area contributed by atoms with E-state index in [1.54, 1.807) is 0 Å². The predicted molar refractivity (Wildman–Crippen MR) is 66.2 cm³/mol. The third-order valence-electron chi connectivity index (χ3n) is 1.82. The van der Waals surface area contributed by atoms with Gasteiger partial charge in [-0.2, -0.15) is 0 Å². The zero-order chi connectivity index (χ0) is 12.1. The molecule has 0 fully saturated rings. The standard InChI is InChI=1S/C12H22O2Si/c1-7-14-11(13)12(2,3)9-8-10-15(4,5)6/h7,9H2,1-6H3. The summed E-state index contributed by atoms with van der Waals surface area (Å²) in [6.45, 7) is 12.6. The molecule has 0 radical (unpaired) electrons. The average Bonchev–Trinajstić information content (AvgIpc) is 2.01. The van der Waals surface area contributed by atoms with Crippen molar-refractivity contribution in [1.82, 2.24) is 0 Å². The van der Waals surface area contributed by atoms with Gasteiger partial charge in [0, 0.05) is 6.42 Å². The quantitative estimate of drug-likeness (QED) is 0.420. The van der Waals surface area contributed by atoms with Gasteiger partial charge in [0.25, 0.3) is 0 Å². The van der Waals surface area contributed by atoms with Crippen LogP contribution in [0.4, 0.5) is 0 Å². The van der Waals surface area contributed by atoms with Crippen LogP contribution in [-0.4, -0.2) is 20.7 Å². The molecule has 0 saturated carbocycles. The van der Waals surface area contributed by atoms with Gasteiger partial charge in [-0.1, -0.05) is 19.6 Å². The Kier molecular flexibility index (Phi) is 5.09. The fourth-order valence-corrected chi connectivity index (χ4v) is 1.55. The Bertz CT molecular complexity index is 276. The van der Waals surface area contributed by atoms with Crippen molar-refractivity contribution in [1.29, 1.82) is 0 Å². The van der Waals surface area contributed by atoms with Crippen molar-refractivity contribution >= 4 is 14.0 Å². The van der Waals surface area contributed by atoms with Crippen molar-refractivity contribution in [2.75, 3.05) is 6.61 Å².